The molecule has 1 aromatic heterocycles. The van der Waals surface area contributed by atoms with Gasteiger partial charge in [-0.25, -0.2) is 0 Å². The fourth-order valence-electron chi connectivity index (χ4n) is 2.50. The molecule has 0 unspecified atom stereocenters. The zero-order chi connectivity index (χ0) is 11.8. The average Bonchev–Trinajstić information content (AvgIpc) is 3.07. The molecule has 1 aliphatic heterocycles. The van der Waals surface area contributed by atoms with Gasteiger partial charge in [-0.05, 0) is 51.6 Å². The van der Waals surface area contributed by atoms with Gasteiger partial charge in [-0.2, -0.15) is 4.98 Å². The zero-order valence-electron chi connectivity index (χ0n) is 10.7. The Morgan fingerprint density at radius 2 is 1.94 bits per heavy atom. The second-order valence-corrected chi connectivity index (χ2v) is 5.66. The third-order valence-electron chi connectivity index (χ3n) is 4.12. The summed E-state index contributed by atoms with van der Waals surface area (Å²) in [6, 6.07) is 0.280. The van der Waals surface area contributed by atoms with Gasteiger partial charge in [-0.3, -0.25) is 4.90 Å². The van der Waals surface area contributed by atoms with Crippen LogP contribution in [0.15, 0.2) is 4.52 Å². The minimum atomic E-state index is 0.280. The largest absolute Gasteiger partial charge is 0.338 e. The van der Waals surface area contributed by atoms with Crippen LogP contribution in [0.3, 0.4) is 0 Å². The van der Waals surface area contributed by atoms with E-state index in [0.29, 0.717) is 5.92 Å². The van der Waals surface area contributed by atoms with Crippen LogP contribution in [0.2, 0.25) is 0 Å². The van der Waals surface area contributed by atoms with E-state index in [-0.39, 0.29) is 6.04 Å². The molecule has 0 N–H and O–H groups in total. The SMILES string of the molecule is CC1CCN([C@H](C)c2nc(C3CC3)no2)CC1. The maximum atomic E-state index is 5.41. The summed E-state index contributed by atoms with van der Waals surface area (Å²) in [5, 5.41) is 4.10. The molecule has 2 aliphatic rings. The van der Waals surface area contributed by atoms with Crippen molar-refractivity contribution in [2.24, 2.45) is 5.92 Å². The van der Waals surface area contributed by atoms with E-state index < -0.39 is 0 Å². The Balaban J connectivity index is 1.65. The topological polar surface area (TPSA) is 42.2 Å². The maximum absolute atomic E-state index is 5.41. The van der Waals surface area contributed by atoms with Gasteiger partial charge < -0.3 is 4.52 Å². The highest BCUT2D eigenvalue weighted by Gasteiger charge is 2.31. The normalized spacial score (nSPS) is 25.1. The number of rotatable bonds is 3. The van der Waals surface area contributed by atoms with E-state index in [0.717, 1.165) is 30.7 Å². The van der Waals surface area contributed by atoms with Crippen molar-refractivity contribution in [3.63, 3.8) is 0 Å². The molecule has 0 amide bonds. The van der Waals surface area contributed by atoms with Crippen molar-refractivity contribution < 1.29 is 4.52 Å². The molecule has 2 heterocycles. The molecular weight excluding hydrogens is 214 g/mol. The monoisotopic (exact) mass is 235 g/mol. The lowest BCUT2D eigenvalue weighted by molar-refractivity contribution is 0.124. The summed E-state index contributed by atoms with van der Waals surface area (Å²) < 4.78 is 5.41. The smallest absolute Gasteiger partial charge is 0.243 e. The Morgan fingerprint density at radius 3 is 2.59 bits per heavy atom. The summed E-state index contributed by atoms with van der Waals surface area (Å²) in [7, 11) is 0. The van der Waals surface area contributed by atoms with Crippen LogP contribution in [0.1, 0.15) is 63.2 Å². The number of hydrogen-bond acceptors (Lipinski definition) is 4. The maximum Gasteiger partial charge on any atom is 0.243 e. The van der Waals surface area contributed by atoms with E-state index in [2.05, 4.69) is 28.9 Å². The lowest BCUT2D eigenvalue weighted by Gasteiger charge is -2.33. The molecule has 0 spiro atoms. The molecule has 1 saturated heterocycles. The van der Waals surface area contributed by atoms with Crippen molar-refractivity contribution in [2.45, 2.75) is 51.5 Å². The van der Waals surface area contributed by atoms with E-state index in [4.69, 9.17) is 4.52 Å². The lowest BCUT2D eigenvalue weighted by Crippen LogP contribution is -2.35. The van der Waals surface area contributed by atoms with E-state index in [9.17, 15) is 0 Å². The van der Waals surface area contributed by atoms with Gasteiger partial charge in [0.1, 0.15) is 0 Å². The molecule has 17 heavy (non-hydrogen) atoms. The Morgan fingerprint density at radius 1 is 1.24 bits per heavy atom. The van der Waals surface area contributed by atoms with Gasteiger partial charge in [-0.15, -0.1) is 0 Å². The van der Waals surface area contributed by atoms with Crippen LogP contribution in [0.5, 0.6) is 0 Å². The minimum absolute atomic E-state index is 0.280. The van der Waals surface area contributed by atoms with E-state index in [1.54, 1.807) is 0 Å². The third-order valence-corrected chi connectivity index (χ3v) is 4.12. The summed E-state index contributed by atoms with van der Waals surface area (Å²) in [4.78, 5) is 7.01. The van der Waals surface area contributed by atoms with Crippen molar-refractivity contribution in [3.8, 4) is 0 Å². The number of hydrogen-bond donors (Lipinski definition) is 0. The highest BCUT2D eigenvalue weighted by atomic mass is 16.5. The van der Waals surface area contributed by atoms with Crippen LogP contribution >= 0.6 is 0 Å². The number of piperidine rings is 1. The van der Waals surface area contributed by atoms with Crippen molar-refractivity contribution in [2.75, 3.05) is 13.1 Å². The molecule has 0 aromatic carbocycles. The van der Waals surface area contributed by atoms with Crippen LogP contribution in [0.25, 0.3) is 0 Å². The number of likely N-dealkylation sites (tertiary alicyclic amines) is 1. The molecule has 4 nitrogen and oxygen atoms in total. The van der Waals surface area contributed by atoms with Crippen LogP contribution in [-0.2, 0) is 0 Å². The first-order valence-electron chi connectivity index (χ1n) is 6.81. The van der Waals surface area contributed by atoms with Crippen LogP contribution in [0.4, 0.5) is 0 Å². The summed E-state index contributed by atoms with van der Waals surface area (Å²) >= 11 is 0. The Hall–Kier alpha value is -0.900. The summed E-state index contributed by atoms with van der Waals surface area (Å²) in [5.74, 6) is 3.18. The van der Waals surface area contributed by atoms with Crippen LogP contribution < -0.4 is 0 Å². The Kier molecular flexibility index (Phi) is 2.90. The average molecular weight is 235 g/mol. The Labute approximate surface area is 102 Å². The van der Waals surface area contributed by atoms with Gasteiger partial charge >= 0.3 is 0 Å². The highest BCUT2D eigenvalue weighted by Crippen LogP contribution is 2.38. The van der Waals surface area contributed by atoms with Crippen molar-refractivity contribution >= 4 is 0 Å². The van der Waals surface area contributed by atoms with Crippen molar-refractivity contribution in [3.05, 3.63) is 11.7 Å². The molecule has 0 radical (unpaired) electrons. The van der Waals surface area contributed by atoms with Gasteiger partial charge in [0.25, 0.3) is 0 Å². The van der Waals surface area contributed by atoms with Crippen LogP contribution in [-0.4, -0.2) is 28.1 Å². The zero-order valence-corrected chi connectivity index (χ0v) is 10.7. The van der Waals surface area contributed by atoms with Crippen LogP contribution in [0, 0.1) is 5.92 Å². The molecule has 1 aromatic rings. The Bertz CT molecular complexity index is 378. The van der Waals surface area contributed by atoms with E-state index >= 15 is 0 Å². The molecule has 94 valence electrons. The highest BCUT2D eigenvalue weighted by molar-refractivity contribution is 5.04. The second-order valence-electron chi connectivity index (χ2n) is 5.66. The molecule has 2 fully saturated rings. The van der Waals surface area contributed by atoms with Crippen molar-refractivity contribution in [1.82, 2.24) is 15.0 Å². The number of aromatic nitrogens is 2. The molecule has 3 rings (SSSR count). The fourth-order valence-corrected chi connectivity index (χ4v) is 2.50. The van der Waals surface area contributed by atoms with Gasteiger partial charge in [0, 0.05) is 5.92 Å². The van der Waals surface area contributed by atoms with E-state index in [1.165, 1.54) is 25.7 Å². The lowest BCUT2D eigenvalue weighted by atomic mass is 9.98. The van der Waals surface area contributed by atoms with E-state index in [1.807, 2.05) is 0 Å². The minimum Gasteiger partial charge on any atom is -0.338 e. The van der Waals surface area contributed by atoms with Gasteiger partial charge in [0.05, 0.1) is 6.04 Å². The first-order chi connectivity index (χ1) is 8.24. The molecule has 1 atom stereocenters. The number of nitrogens with zero attached hydrogens (tertiary/aromatic N) is 3. The summed E-state index contributed by atoms with van der Waals surface area (Å²) in [6.07, 6.45) is 5.03. The third kappa shape index (κ3) is 2.37. The fraction of sp³-hybridized carbons (Fsp3) is 0.846. The molecular formula is C13H21N3O. The molecule has 4 heteroatoms. The molecule has 1 aliphatic carbocycles. The summed E-state index contributed by atoms with van der Waals surface area (Å²) in [6.45, 7) is 6.83. The standard InChI is InChI=1S/C13H21N3O/c1-9-5-7-16(8-6-9)10(2)13-14-12(15-17-13)11-3-4-11/h9-11H,3-8H2,1-2H3/t10-/m1/s1. The van der Waals surface area contributed by atoms with Gasteiger partial charge in [-0.1, -0.05) is 12.1 Å². The first-order valence-corrected chi connectivity index (χ1v) is 6.81. The molecule has 1 saturated carbocycles. The van der Waals surface area contributed by atoms with Gasteiger partial charge in [0.15, 0.2) is 5.82 Å². The predicted octanol–water partition coefficient (Wildman–Crippen LogP) is 2.74. The van der Waals surface area contributed by atoms with Crippen molar-refractivity contribution in [1.29, 1.82) is 0 Å². The summed E-state index contributed by atoms with van der Waals surface area (Å²) in [5.41, 5.74) is 0. The predicted molar refractivity (Wildman–Crippen MR) is 64.7 cm³/mol. The van der Waals surface area contributed by atoms with Gasteiger partial charge in [0.2, 0.25) is 5.89 Å². The molecule has 0 bridgehead atoms. The first kappa shape index (κ1) is 11.2. The quantitative estimate of drug-likeness (QED) is 0.808. The second kappa shape index (κ2) is 4.41.